The van der Waals surface area contributed by atoms with Crippen LogP contribution in [0.5, 0.6) is 5.75 Å². The molecule has 0 fully saturated rings. The molecular formula is C23H21F2NO. The van der Waals surface area contributed by atoms with Crippen LogP contribution in [0.1, 0.15) is 46.1 Å². The van der Waals surface area contributed by atoms with Gasteiger partial charge in [-0.1, -0.05) is 54.1 Å². The number of hydrogen-bond acceptors (Lipinski definition) is 2. The van der Waals surface area contributed by atoms with Gasteiger partial charge >= 0.3 is 0 Å². The van der Waals surface area contributed by atoms with E-state index in [1.807, 2.05) is 30.3 Å². The summed E-state index contributed by atoms with van der Waals surface area (Å²) in [5.41, 5.74) is 10.9. The van der Waals surface area contributed by atoms with Crippen molar-refractivity contribution in [1.29, 1.82) is 0 Å². The fourth-order valence-corrected chi connectivity index (χ4v) is 3.87. The monoisotopic (exact) mass is 365 g/mol. The lowest BCUT2D eigenvalue weighted by Crippen LogP contribution is -2.25. The second-order valence-electron chi connectivity index (χ2n) is 7.07. The quantitative estimate of drug-likeness (QED) is 0.593. The van der Waals surface area contributed by atoms with Gasteiger partial charge in [0.2, 0.25) is 0 Å². The zero-order valence-corrected chi connectivity index (χ0v) is 15.0. The van der Waals surface area contributed by atoms with Crippen molar-refractivity contribution >= 4 is 5.69 Å². The molecule has 0 amide bonds. The highest BCUT2D eigenvalue weighted by molar-refractivity contribution is 5.51. The number of anilines is 1. The molecule has 0 spiro atoms. The van der Waals surface area contributed by atoms with E-state index in [1.165, 1.54) is 23.3 Å². The van der Waals surface area contributed by atoms with Crippen LogP contribution >= 0.6 is 0 Å². The normalized spacial score (nSPS) is 18.8. The van der Waals surface area contributed by atoms with Crippen molar-refractivity contribution < 1.29 is 13.5 Å². The Hall–Kier alpha value is -2.88. The molecule has 2 nitrogen and oxygen atoms in total. The van der Waals surface area contributed by atoms with Crippen LogP contribution in [-0.2, 0) is 0 Å². The fourth-order valence-electron chi connectivity index (χ4n) is 3.87. The lowest BCUT2D eigenvalue weighted by atomic mass is 9.75. The molecule has 138 valence electrons. The third-order valence-corrected chi connectivity index (χ3v) is 5.21. The maximum absolute atomic E-state index is 13.1. The van der Waals surface area contributed by atoms with E-state index >= 15 is 0 Å². The van der Waals surface area contributed by atoms with Gasteiger partial charge in [0, 0.05) is 28.7 Å². The van der Waals surface area contributed by atoms with Crippen LogP contribution in [0.2, 0.25) is 0 Å². The van der Waals surface area contributed by atoms with Crippen LogP contribution < -0.4 is 10.5 Å². The molecule has 3 aromatic carbocycles. The number of nitrogens with two attached hydrogens (primary N) is 1. The minimum absolute atomic E-state index is 0.0150. The molecular weight excluding hydrogens is 344 g/mol. The fraction of sp³-hybridized carbons (Fsp3) is 0.217. The summed E-state index contributed by atoms with van der Waals surface area (Å²) < 4.78 is 32.2. The summed E-state index contributed by atoms with van der Waals surface area (Å²) >= 11 is 0. The first-order valence-electron chi connectivity index (χ1n) is 8.99. The Bertz CT molecular complexity index is 953. The molecule has 4 heteroatoms. The second-order valence-corrected chi connectivity index (χ2v) is 7.07. The Morgan fingerprint density at radius 1 is 0.963 bits per heavy atom. The van der Waals surface area contributed by atoms with Gasteiger partial charge in [-0.05, 0) is 36.2 Å². The predicted octanol–water partition coefficient (Wildman–Crippen LogP) is 5.82. The molecule has 1 aliphatic rings. The van der Waals surface area contributed by atoms with Gasteiger partial charge < -0.3 is 10.5 Å². The number of hydrogen-bond donors (Lipinski definition) is 1. The summed E-state index contributed by atoms with van der Waals surface area (Å²) in [5.74, 6) is 0.653. The SMILES string of the molecule is Cc1cccc(C2COc3cc(C(F)F)ccc3C2c2ccc(N)cc2)c1. The molecule has 2 atom stereocenters. The average molecular weight is 365 g/mol. The van der Waals surface area contributed by atoms with Crippen LogP contribution in [0.15, 0.2) is 66.7 Å². The number of halogens is 2. The van der Waals surface area contributed by atoms with Crippen molar-refractivity contribution in [2.75, 3.05) is 12.3 Å². The zero-order chi connectivity index (χ0) is 19.0. The van der Waals surface area contributed by atoms with E-state index in [2.05, 4.69) is 25.1 Å². The van der Waals surface area contributed by atoms with Crippen molar-refractivity contribution in [2.24, 2.45) is 0 Å². The third-order valence-electron chi connectivity index (χ3n) is 5.21. The molecule has 0 aliphatic carbocycles. The highest BCUT2D eigenvalue weighted by atomic mass is 19.3. The van der Waals surface area contributed by atoms with E-state index < -0.39 is 6.43 Å². The number of fused-ring (bicyclic) bond motifs is 1. The molecule has 0 bridgehead atoms. The maximum Gasteiger partial charge on any atom is 0.263 e. The summed E-state index contributed by atoms with van der Waals surface area (Å²) in [6, 6.07) is 20.9. The summed E-state index contributed by atoms with van der Waals surface area (Å²) in [6.45, 7) is 2.51. The van der Waals surface area contributed by atoms with Crippen molar-refractivity contribution in [3.8, 4) is 5.75 Å². The molecule has 0 radical (unpaired) electrons. The summed E-state index contributed by atoms with van der Waals surface area (Å²) in [5, 5.41) is 0. The number of nitrogen functional groups attached to an aromatic ring is 1. The molecule has 3 aromatic rings. The molecule has 0 saturated heterocycles. The zero-order valence-electron chi connectivity index (χ0n) is 15.0. The van der Waals surface area contributed by atoms with E-state index in [1.54, 1.807) is 6.07 Å². The molecule has 1 heterocycles. The first-order chi connectivity index (χ1) is 13.0. The van der Waals surface area contributed by atoms with Gasteiger partial charge in [-0.3, -0.25) is 0 Å². The van der Waals surface area contributed by atoms with Crippen LogP contribution in [0.4, 0.5) is 14.5 Å². The Labute approximate surface area is 157 Å². The Balaban J connectivity index is 1.84. The van der Waals surface area contributed by atoms with Crippen LogP contribution in [-0.4, -0.2) is 6.61 Å². The number of alkyl halides is 2. The first-order valence-corrected chi connectivity index (χ1v) is 8.99. The van der Waals surface area contributed by atoms with E-state index in [9.17, 15) is 8.78 Å². The number of aryl methyl sites for hydroxylation is 1. The van der Waals surface area contributed by atoms with Gasteiger partial charge in [0.1, 0.15) is 5.75 Å². The maximum atomic E-state index is 13.1. The number of ether oxygens (including phenoxy) is 1. The molecule has 2 unspecified atom stereocenters. The first kappa shape index (κ1) is 17.5. The van der Waals surface area contributed by atoms with E-state index in [-0.39, 0.29) is 17.4 Å². The highest BCUT2D eigenvalue weighted by Crippen LogP contribution is 2.47. The number of rotatable bonds is 3. The molecule has 0 saturated carbocycles. The van der Waals surface area contributed by atoms with Gasteiger partial charge in [-0.25, -0.2) is 8.78 Å². The van der Waals surface area contributed by atoms with Crippen molar-refractivity contribution in [2.45, 2.75) is 25.2 Å². The summed E-state index contributed by atoms with van der Waals surface area (Å²) in [7, 11) is 0. The third kappa shape index (κ3) is 3.39. The molecule has 2 N–H and O–H groups in total. The van der Waals surface area contributed by atoms with Crippen LogP contribution in [0.25, 0.3) is 0 Å². The predicted molar refractivity (Wildman–Crippen MR) is 104 cm³/mol. The summed E-state index contributed by atoms with van der Waals surface area (Å²) in [6.07, 6.45) is -2.51. The number of benzene rings is 3. The second kappa shape index (κ2) is 7.03. The standard InChI is InChI=1S/C23H21F2NO/c1-14-3-2-4-16(11-14)20-13-27-21-12-17(23(24)25)7-10-19(21)22(20)15-5-8-18(26)9-6-15/h2-12,20,22-23H,13,26H2,1H3. The molecule has 4 rings (SSSR count). The largest absolute Gasteiger partial charge is 0.493 e. The Morgan fingerprint density at radius 2 is 1.74 bits per heavy atom. The van der Waals surface area contributed by atoms with Crippen molar-refractivity contribution in [3.63, 3.8) is 0 Å². The van der Waals surface area contributed by atoms with Gasteiger partial charge in [0.25, 0.3) is 6.43 Å². The van der Waals surface area contributed by atoms with Crippen molar-refractivity contribution in [3.05, 3.63) is 94.5 Å². The minimum Gasteiger partial charge on any atom is -0.493 e. The van der Waals surface area contributed by atoms with Gasteiger partial charge in [0.05, 0.1) is 6.61 Å². The lowest BCUT2D eigenvalue weighted by molar-refractivity contribution is 0.150. The highest BCUT2D eigenvalue weighted by Gasteiger charge is 2.34. The Morgan fingerprint density at radius 3 is 2.44 bits per heavy atom. The topological polar surface area (TPSA) is 35.2 Å². The molecule has 1 aliphatic heterocycles. The van der Waals surface area contributed by atoms with Crippen molar-refractivity contribution in [1.82, 2.24) is 0 Å². The average Bonchev–Trinajstić information content (AvgIpc) is 2.67. The van der Waals surface area contributed by atoms with Gasteiger partial charge in [-0.15, -0.1) is 0 Å². The van der Waals surface area contributed by atoms with E-state index in [0.29, 0.717) is 18.0 Å². The summed E-state index contributed by atoms with van der Waals surface area (Å²) in [4.78, 5) is 0. The van der Waals surface area contributed by atoms with Crippen LogP contribution in [0.3, 0.4) is 0 Å². The Kier molecular flexibility index (Phi) is 4.56. The van der Waals surface area contributed by atoms with E-state index in [4.69, 9.17) is 10.5 Å². The van der Waals surface area contributed by atoms with Gasteiger partial charge in [-0.2, -0.15) is 0 Å². The van der Waals surface area contributed by atoms with E-state index in [0.717, 1.165) is 11.1 Å². The van der Waals surface area contributed by atoms with Gasteiger partial charge in [0.15, 0.2) is 0 Å². The minimum atomic E-state index is -2.51. The molecule has 0 aromatic heterocycles. The smallest absolute Gasteiger partial charge is 0.263 e. The molecule has 27 heavy (non-hydrogen) atoms. The van der Waals surface area contributed by atoms with Crippen LogP contribution in [0, 0.1) is 6.92 Å². The lowest BCUT2D eigenvalue weighted by Gasteiger charge is -2.35.